The number of hydrogen-bond donors (Lipinski definition) is 1. The molecule has 2 fully saturated rings. The first-order chi connectivity index (χ1) is 8.09. The first-order valence-electron chi connectivity index (χ1n) is 6.31. The third kappa shape index (κ3) is 2.77. The van der Waals surface area contributed by atoms with E-state index in [4.69, 9.17) is 22.7 Å². The summed E-state index contributed by atoms with van der Waals surface area (Å²) < 4.78 is 5.46. The number of piperidine rings is 1. The molecule has 2 heterocycles. The standard InChI is InChI=1S/C12H20N2O2S/c1-8-6-9(7-16-8)12(15)14-5-3-2-4-10(14)11(13)17/h8-10H,2-7H2,1H3,(H2,13,17). The highest BCUT2D eigenvalue weighted by atomic mass is 32.1. The Bertz CT molecular complexity index is 322. The van der Waals surface area contributed by atoms with Crippen molar-refractivity contribution in [2.24, 2.45) is 11.7 Å². The monoisotopic (exact) mass is 256 g/mol. The summed E-state index contributed by atoms with van der Waals surface area (Å²) in [5, 5.41) is 0. The van der Waals surface area contributed by atoms with Gasteiger partial charge in [0.05, 0.1) is 29.7 Å². The Balaban J connectivity index is 2.03. The fraction of sp³-hybridized carbons (Fsp3) is 0.833. The van der Waals surface area contributed by atoms with E-state index in [1.165, 1.54) is 0 Å². The Morgan fingerprint density at radius 2 is 2.24 bits per heavy atom. The van der Waals surface area contributed by atoms with Gasteiger partial charge in [0.1, 0.15) is 0 Å². The number of nitrogens with two attached hydrogens (primary N) is 1. The molecule has 4 nitrogen and oxygen atoms in total. The number of ether oxygens (including phenoxy) is 1. The third-order valence-corrected chi connectivity index (χ3v) is 3.93. The molecule has 2 saturated heterocycles. The molecule has 3 atom stereocenters. The molecule has 0 radical (unpaired) electrons. The number of rotatable bonds is 2. The Labute approximate surface area is 107 Å². The van der Waals surface area contributed by atoms with E-state index in [2.05, 4.69) is 0 Å². The van der Waals surface area contributed by atoms with Gasteiger partial charge in [0, 0.05) is 6.54 Å². The predicted octanol–water partition coefficient (Wildman–Crippen LogP) is 1.08. The quantitative estimate of drug-likeness (QED) is 0.751. The molecule has 0 aromatic carbocycles. The molecule has 0 saturated carbocycles. The molecule has 5 heteroatoms. The van der Waals surface area contributed by atoms with Crippen LogP contribution in [0, 0.1) is 5.92 Å². The number of likely N-dealkylation sites (tertiary alicyclic amines) is 1. The second kappa shape index (κ2) is 5.31. The van der Waals surface area contributed by atoms with Crippen LogP contribution in [0.5, 0.6) is 0 Å². The van der Waals surface area contributed by atoms with Gasteiger partial charge in [0.15, 0.2) is 0 Å². The van der Waals surface area contributed by atoms with Gasteiger partial charge in [0.2, 0.25) is 5.91 Å². The lowest BCUT2D eigenvalue weighted by Crippen LogP contribution is -2.51. The zero-order valence-electron chi connectivity index (χ0n) is 10.2. The fourth-order valence-corrected chi connectivity index (χ4v) is 2.96. The van der Waals surface area contributed by atoms with Crippen LogP contribution in [0.3, 0.4) is 0 Å². The highest BCUT2D eigenvalue weighted by Crippen LogP contribution is 2.25. The van der Waals surface area contributed by atoms with E-state index in [1.807, 2.05) is 11.8 Å². The highest BCUT2D eigenvalue weighted by molar-refractivity contribution is 7.80. The van der Waals surface area contributed by atoms with Crippen LogP contribution >= 0.6 is 12.2 Å². The van der Waals surface area contributed by atoms with Gasteiger partial charge in [-0.1, -0.05) is 12.2 Å². The molecule has 3 unspecified atom stereocenters. The third-order valence-electron chi connectivity index (χ3n) is 3.66. The summed E-state index contributed by atoms with van der Waals surface area (Å²) in [6.45, 7) is 3.33. The van der Waals surface area contributed by atoms with E-state index in [-0.39, 0.29) is 24.0 Å². The van der Waals surface area contributed by atoms with Crippen LogP contribution in [-0.2, 0) is 9.53 Å². The molecule has 2 rings (SSSR count). The van der Waals surface area contributed by atoms with E-state index in [0.717, 1.165) is 32.2 Å². The topological polar surface area (TPSA) is 55.6 Å². The van der Waals surface area contributed by atoms with E-state index in [0.29, 0.717) is 11.6 Å². The van der Waals surface area contributed by atoms with Gasteiger partial charge in [0.25, 0.3) is 0 Å². The summed E-state index contributed by atoms with van der Waals surface area (Å²) in [6.07, 6.45) is 4.07. The van der Waals surface area contributed by atoms with Crippen LogP contribution in [0.25, 0.3) is 0 Å². The average Bonchev–Trinajstić information content (AvgIpc) is 2.75. The number of thiocarbonyl (C=S) groups is 1. The van der Waals surface area contributed by atoms with Crippen LogP contribution in [-0.4, -0.2) is 41.1 Å². The summed E-state index contributed by atoms with van der Waals surface area (Å²) >= 11 is 5.06. The molecular weight excluding hydrogens is 236 g/mol. The summed E-state index contributed by atoms with van der Waals surface area (Å²) in [6, 6.07) is -0.0397. The first kappa shape index (κ1) is 12.8. The number of hydrogen-bond acceptors (Lipinski definition) is 3. The van der Waals surface area contributed by atoms with Crippen LogP contribution in [0.1, 0.15) is 32.6 Å². The maximum absolute atomic E-state index is 12.4. The number of carbonyl (C=O) groups excluding carboxylic acids is 1. The number of amides is 1. The van der Waals surface area contributed by atoms with Gasteiger partial charge in [-0.2, -0.15) is 0 Å². The largest absolute Gasteiger partial charge is 0.392 e. The lowest BCUT2D eigenvalue weighted by molar-refractivity contribution is -0.137. The van der Waals surface area contributed by atoms with Gasteiger partial charge < -0.3 is 15.4 Å². The summed E-state index contributed by atoms with van der Waals surface area (Å²) in [5.74, 6) is 0.173. The molecule has 2 N–H and O–H groups in total. The minimum Gasteiger partial charge on any atom is -0.392 e. The van der Waals surface area contributed by atoms with Gasteiger partial charge in [-0.05, 0) is 32.6 Å². The first-order valence-corrected chi connectivity index (χ1v) is 6.72. The van der Waals surface area contributed by atoms with Gasteiger partial charge in [-0.25, -0.2) is 0 Å². The zero-order chi connectivity index (χ0) is 12.4. The van der Waals surface area contributed by atoms with Crippen molar-refractivity contribution in [3.8, 4) is 0 Å². The molecule has 2 aliphatic heterocycles. The second-order valence-electron chi connectivity index (χ2n) is 5.02. The fourth-order valence-electron chi connectivity index (χ4n) is 2.71. The van der Waals surface area contributed by atoms with Gasteiger partial charge >= 0.3 is 0 Å². The van der Waals surface area contributed by atoms with Crippen molar-refractivity contribution in [2.75, 3.05) is 13.2 Å². The van der Waals surface area contributed by atoms with Crippen LogP contribution in [0.15, 0.2) is 0 Å². The van der Waals surface area contributed by atoms with Gasteiger partial charge in [-0.3, -0.25) is 4.79 Å². The number of nitrogens with zero attached hydrogens (tertiary/aromatic N) is 1. The SMILES string of the molecule is CC1CC(C(=O)N2CCCCC2C(N)=S)CO1. The van der Waals surface area contributed by atoms with Crippen molar-refractivity contribution in [3.63, 3.8) is 0 Å². The van der Waals surface area contributed by atoms with E-state index in [9.17, 15) is 4.79 Å². The maximum Gasteiger partial charge on any atom is 0.228 e. The highest BCUT2D eigenvalue weighted by Gasteiger charge is 2.36. The van der Waals surface area contributed by atoms with E-state index in [1.54, 1.807) is 0 Å². The molecule has 0 aliphatic carbocycles. The van der Waals surface area contributed by atoms with Crippen molar-refractivity contribution in [1.29, 1.82) is 0 Å². The second-order valence-corrected chi connectivity index (χ2v) is 5.49. The minimum atomic E-state index is -0.0397. The van der Waals surface area contributed by atoms with Crippen LogP contribution in [0.4, 0.5) is 0 Å². The summed E-state index contributed by atoms with van der Waals surface area (Å²) in [7, 11) is 0. The zero-order valence-corrected chi connectivity index (χ0v) is 11.0. The molecule has 0 aromatic heterocycles. The van der Waals surface area contributed by atoms with Crippen molar-refractivity contribution in [3.05, 3.63) is 0 Å². The Hall–Kier alpha value is -0.680. The minimum absolute atomic E-state index is 0.0000463. The van der Waals surface area contributed by atoms with Gasteiger partial charge in [-0.15, -0.1) is 0 Å². The molecule has 96 valence electrons. The van der Waals surface area contributed by atoms with Crippen molar-refractivity contribution < 1.29 is 9.53 Å². The molecule has 1 amide bonds. The molecule has 0 aromatic rings. The predicted molar refractivity (Wildman–Crippen MR) is 69.7 cm³/mol. The smallest absolute Gasteiger partial charge is 0.228 e. The Morgan fingerprint density at radius 1 is 1.47 bits per heavy atom. The summed E-state index contributed by atoms with van der Waals surface area (Å²) in [5.41, 5.74) is 5.73. The molecule has 0 bridgehead atoms. The van der Waals surface area contributed by atoms with Crippen LogP contribution < -0.4 is 5.73 Å². The maximum atomic E-state index is 12.4. The lowest BCUT2D eigenvalue weighted by atomic mass is 9.98. The Kier molecular flexibility index (Phi) is 3.99. The van der Waals surface area contributed by atoms with Crippen molar-refractivity contribution >= 4 is 23.1 Å². The van der Waals surface area contributed by atoms with E-state index >= 15 is 0 Å². The Morgan fingerprint density at radius 3 is 2.82 bits per heavy atom. The van der Waals surface area contributed by atoms with Crippen molar-refractivity contribution in [1.82, 2.24) is 4.90 Å². The summed E-state index contributed by atoms with van der Waals surface area (Å²) in [4.78, 5) is 14.7. The van der Waals surface area contributed by atoms with Crippen molar-refractivity contribution in [2.45, 2.75) is 44.8 Å². The lowest BCUT2D eigenvalue weighted by Gasteiger charge is -2.36. The molecular formula is C12H20N2O2S. The van der Waals surface area contributed by atoms with Crippen LogP contribution in [0.2, 0.25) is 0 Å². The molecule has 2 aliphatic rings. The molecule has 17 heavy (non-hydrogen) atoms. The number of carbonyl (C=O) groups is 1. The average molecular weight is 256 g/mol. The molecule has 0 spiro atoms. The van der Waals surface area contributed by atoms with E-state index < -0.39 is 0 Å². The normalized spacial score (nSPS) is 33.7.